The normalized spacial score (nSPS) is 11.6. The van der Waals surface area contributed by atoms with Gasteiger partial charge in [0.1, 0.15) is 23.0 Å². The fourth-order valence-electron chi connectivity index (χ4n) is 3.15. The molecule has 3 rings (SSSR count). The maximum atomic E-state index is 11.1. The zero-order valence-corrected chi connectivity index (χ0v) is 18.3. The highest BCUT2D eigenvalue weighted by Crippen LogP contribution is 2.24. The summed E-state index contributed by atoms with van der Waals surface area (Å²) in [6, 6.07) is 22.8. The van der Waals surface area contributed by atoms with Crippen LogP contribution < -0.4 is 14.2 Å². The molecule has 6 nitrogen and oxygen atoms in total. The Morgan fingerprint density at radius 3 is 2.19 bits per heavy atom. The molecule has 6 heteroatoms. The van der Waals surface area contributed by atoms with Gasteiger partial charge < -0.3 is 24.1 Å². The summed E-state index contributed by atoms with van der Waals surface area (Å²) in [4.78, 5) is 11.1. The van der Waals surface area contributed by atoms with Crippen molar-refractivity contribution in [2.45, 2.75) is 25.9 Å². The fourth-order valence-corrected chi connectivity index (χ4v) is 3.15. The van der Waals surface area contributed by atoms with Crippen molar-refractivity contribution in [2.75, 3.05) is 20.3 Å². The first-order chi connectivity index (χ1) is 15.5. The molecular formula is C26H28O6. The molecule has 0 radical (unpaired) electrons. The molecule has 0 aliphatic heterocycles. The topological polar surface area (TPSA) is 74.2 Å². The molecule has 168 valence electrons. The van der Waals surface area contributed by atoms with E-state index < -0.39 is 12.1 Å². The average molecular weight is 437 g/mol. The number of hydrogen-bond acceptors (Lipinski definition) is 5. The number of methoxy groups -OCH3 is 1. The molecule has 0 heterocycles. The molecule has 0 unspecified atom stereocenters. The van der Waals surface area contributed by atoms with Crippen LogP contribution >= 0.6 is 0 Å². The second-order valence-electron chi connectivity index (χ2n) is 7.30. The van der Waals surface area contributed by atoms with Gasteiger partial charge in [-0.3, -0.25) is 0 Å². The number of carboxylic acids is 1. The molecule has 0 saturated carbocycles. The van der Waals surface area contributed by atoms with Crippen molar-refractivity contribution in [1.29, 1.82) is 0 Å². The van der Waals surface area contributed by atoms with Gasteiger partial charge in [0.2, 0.25) is 0 Å². The Morgan fingerprint density at radius 2 is 1.53 bits per heavy atom. The number of rotatable bonds is 12. The van der Waals surface area contributed by atoms with Crippen LogP contribution in [0.15, 0.2) is 72.8 Å². The molecule has 1 atom stereocenters. The summed E-state index contributed by atoms with van der Waals surface area (Å²) in [5.41, 5.74) is 1.85. The first kappa shape index (κ1) is 23.2. The molecule has 0 saturated heterocycles. The zero-order chi connectivity index (χ0) is 22.8. The van der Waals surface area contributed by atoms with E-state index in [1.807, 2.05) is 79.7 Å². The molecule has 0 fully saturated rings. The first-order valence-electron chi connectivity index (χ1n) is 10.5. The van der Waals surface area contributed by atoms with Crippen molar-refractivity contribution in [2.24, 2.45) is 0 Å². The molecule has 3 aromatic rings. The monoisotopic (exact) mass is 436 g/mol. The summed E-state index contributed by atoms with van der Waals surface area (Å²) < 4.78 is 22.4. The molecule has 0 aliphatic carbocycles. The van der Waals surface area contributed by atoms with Crippen molar-refractivity contribution in [3.8, 4) is 23.0 Å². The molecule has 32 heavy (non-hydrogen) atoms. The Balaban J connectivity index is 1.39. The summed E-state index contributed by atoms with van der Waals surface area (Å²) in [5, 5.41) is 9.11. The van der Waals surface area contributed by atoms with Gasteiger partial charge in [-0.2, -0.15) is 0 Å². The predicted octanol–water partition coefficient (Wildman–Crippen LogP) is 5.28. The summed E-state index contributed by atoms with van der Waals surface area (Å²) in [7, 11) is 1.40. The highest BCUT2D eigenvalue weighted by molar-refractivity contribution is 5.72. The van der Waals surface area contributed by atoms with Crippen LogP contribution in [0.2, 0.25) is 0 Å². The van der Waals surface area contributed by atoms with Crippen LogP contribution in [0.4, 0.5) is 0 Å². The Labute approximate surface area is 188 Å². The maximum Gasteiger partial charge on any atom is 0.333 e. The van der Waals surface area contributed by atoms with Crippen molar-refractivity contribution < 1.29 is 28.8 Å². The lowest BCUT2D eigenvalue weighted by Gasteiger charge is -2.13. The number of benzene rings is 3. The predicted molar refractivity (Wildman–Crippen MR) is 122 cm³/mol. The van der Waals surface area contributed by atoms with Gasteiger partial charge in [-0.1, -0.05) is 30.3 Å². The van der Waals surface area contributed by atoms with Crippen LogP contribution in [0, 0.1) is 6.92 Å². The Morgan fingerprint density at radius 1 is 0.875 bits per heavy atom. The van der Waals surface area contributed by atoms with E-state index in [4.69, 9.17) is 24.1 Å². The number of aliphatic carboxylic acids is 1. The van der Waals surface area contributed by atoms with E-state index in [0.717, 1.165) is 40.5 Å². The van der Waals surface area contributed by atoms with Crippen LogP contribution in [0.5, 0.6) is 23.0 Å². The molecule has 0 aliphatic rings. The number of carbonyl (C=O) groups is 1. The fraction of sp³-hybridized carbons (Fsp3) is 0.269. The summed E-state index contributed by atoms with van der Waals surface area (Å²) in [6.07, 6.45) is 0.196. The van der Waals surface area contributed by atoms with Crippen LogP contribution in [0.3, 0.4) is 0 Å². The lowest BCUT2D eigenvalue weighted by atomic mass is 10.0. The second-order valence-corrected chi connectivity index (χ2v) is 7.30. The minimum Gasteiger partial charge on any atom is -0.493 e. The quantitative estimate of drug-likeness (QED) is 0.390. The first-order valence-corrected chi connectivity index (χ1v) is 10.5. The highest BCUT2D eigenvalue weighted by atomic mass is 16.5. The van der Waals surface area contributed by atoms with E-state index in [1.54, 1.807) is 0 Å². The van der Waals surface area contributed by atoms with Crippen LogP contribution in [-0.4, -0.2) is 37.5 Å². The zero-order valence-electron chi connectivity index (χ0n) is 18.3. The molecule has 1 N–H and O–H groups in total. The minimum absolute atomic E-state index is 0.315. The molecule has 0 amide bonds. The number of hydrogen-bond donors (Lipinski definition) is 1. The van der Waals surface area contributed by atoms with Gasteiger partial charge in [0.15, 0.2) is 6.10 Å². The maximum absolute atomic E-state index is 11.1. The Bertz CT molecular complexity index is 985. The van der Waals surface area contributed by atoms with Gasteiger partial charge in [0, 0.05) is 20.0 Å². The van der Waals surface area contributed by atoms with Gasteiger partial charge in [-0.25, -0.2) is 4.79 Å². The van der Waals surface area contributed by atoms with E-state index in [0.29, 0.717) is 19.6 Å². The van der Waals surface area contributed by atoms with Crippen LogP contribution in [-0.2, 0) is 16.0 Å². The molecule has 3 aromatic carbocycles. The van der Waals surface area contributed by atoms with Crippen molar-refractivity contribution in [3.63, 3.8) is 0 Å². The van der Waals surface area contributed by atoms with Crippen LogP contribution in [0.25, 0.3) is 0 Å². The Hall–Kier alpha value is -3.51. The Kier molecular flexibility index (Phi) is 8.52. The summed E-state index contributed by atoms with van der Waals surface area (Å²) >= 11 is 0. The van der Waals surface area contributed by atoms with Gasteiger partial charge in [0.05, 0.1) is 13.2 Å². The van der Waals surface area contributed by atoms with Gasteiger partial charge >= 0.3 is 5.97 Å². The van der Waals surface area contributed by atoms with Gasteiger partial charge in [-0.05, 0) is 60.5 Å². The molecule has 0 aromatic heterocycles. The highest BCUT2D eigenvalue weighted by Gasteiger charge is 2.17. The number of para-hydroxylation sites is 1. The van der Waals surface area contributed by atoms with Crippen molar-refractivity contribution in [1.82, 2.24) is 0 Å². The SMILES string of the molecule is CO[C@@H](Cc1ccc(OCCCOc2ccc(Oc3ccccc3)cc2)c(C)c1)C(=O)O. The third kappa shape index (κ3) is 7.03. The van der Waals surface area contributed by atoms with E-state index in [2.05, 4.69) is 0 Å². The standard InChI is InChI=1S/C26H28O6/c1-19-17-20(18-25(29-2)26(27)28)9-14-24(19)31-16-6-15-30-21-10-12-23(13-11-21)32-22-7-4-3-5-8-22/h3-5,7-14,17,25H,6,15-16,18H2,1-2H3,(H,27,28)/t25-/m0/s1. The van der Waals surface area contributed by atoms with E-state index >= 15 is 0 Å². The largest absolute Gasteiger partial charge is 0.493 e. The molecular weight excluding hydrogens is 408 g/mol. The van der Waals surface area contributed by atoms with Crippen LogP contribution in [0.1, 0.15) is 17.5 Å². The van der Waals surface area contributed by atoms with Gasteiger partial charge in [0.25, 0.3) is 0 Å². The number of ether oxygens (including phenoxy) is 4. The van der Waals surface area contributed by atoms with Crippen molar-refractivity contribution in [3.05, 3.63) is 83.9 Å². The summed E-state index contributed by atoms with van der Waals surface area (Å²) in [5.74, 6) is 2.13. The van der Waals surface area contributed by atoms with Crippen molar-refractivity contribution >= 4 is 5.97 Å². The van der Waals surface area contributed by atoms with E-state index in [9.17, 15) is 4.79 Å². The summed E-state index contributed by atoms with van der Waals surface area (Å²) in [6.45, 7) is 2.99. The molecule has 0 spiro atoms. The van der Waals surface area contributed by atoms with E-state index in [1.165, 1.54) is 7.11 Å². The average Bonchev–Trinajstić information content (AvgIpc) is 2.80. The van der Waals surface area contributed by atoms with E-state index in [-0.39, 0.29) is 0 Å². The molecule has 0 bridgehead atoms. The third-order valence-corrected chi connectivity index (χ3v) is 4.84. The van der Waals surface area contributed by atoms with Gasteiger partial charge in [-0.15, -0.1) is 0 Å². The lowest BCUT2D eigenvalue weighted by Crippen LogP contribution is -2.24. The lowest BCUT2D eigenvalue weighted by molar-refractivity contribution is -0.148. The number of aryl methyl sites for hydroxylation is 1. The number of carboxylic acid groups (broad SMARTS) is 1. The third-order valence-electron chi connectivity index (χ3n) is 4.84. The second kappa shape index (κ2) is 11.8. The minimum atomic E-state index is -0.969. The smallest absolute Gasteiger partial charge is 0.333 e.